The van der Waals surface area contributed by atoms with E-state index in [1.807, 2.05) is 37.1 Å². The fourth-order valence-electron chi connectivity index (χ4n) is 1.22. The Morgan fingerprint density at radius 3 is 2.71 bits per heavy atom. The number of hydrogen-bond donors (Lipinski definition) is 1. The van der Waals surface area contributed by atoms with Crippen LogP contribution in [0.15, 0.2) is 29.4 Å². The summed E-state index contributed by atoms with van der Waals surface area (Å²) in [6, 6.07) is 6.58. The molecule has 0 bridgehead atoms. The van der Waals surface area contributed by atoms with Gasteiger partial charge in [-0.15, -0.1) is 11.8 Å². The van der Waals surface area contributed by atoms with E-state index in [1.54, 1.807) is 0 Å². The Morgan fingerprint density at radius 2 is 2.21 bits per heavy atom. The van der Waals surface area contributed by atoms with Crippen LogP contribution in [-0.2, 0) is 0 Å². The summed E-state index contributed by atoms with van der Waals surface area (Å²) < 4.78 is 0. The highest BCUT2D eigenvalue weighted by Crippen LogP contribution is 2.17. The van der Waals surface area contributed by atoms with E-state index in [0.717, 1.165) is 10.8 Å². The SMILES string of the molecule is CNC(CSc1ccccn1)C(C)C. The van der Waals surface area contributed by atoms with Gasteiger partial charge in [-0.3, -0.25) is 0 Å². The van der Waals surface area contributed by atoms with E-state index in [-0.39, 0.29) is 0 Å². The first-order valence-corrected chi connectivity index (χ1v) is 5.93. The smallest absolute Gasteiger partial charge is 0.0960 e. The standard InChI is InChI=1S/C11H18N2S/c1-9(2)10(12-3)8-14-11-6-4-5-7-13-11/h4-7,9-10,12H,8H2,1-3H3. The third-order valence-corrected chi connectivity index (χ3v) is 3.29. The average molecular weight is 210 g/mol. The fourth-order valence-corrected chi connectivity index (χ4v) is 2.43. The summed E-state index contributed by atoms with van der Waals surface area (Å²) in [6.45, 7) is 4.47. The number of hydrogen-bond acceptors (Lipinski definition) is 3. The van der Waals surface area contributed by atoms with Gasteiger partial charge in [-0.05, 0) is 25.1 Å². The molecule has 1 rings (SSSR count). The second-order valence-corrected chi connectivity index (χ2v) is 4.66. The van der Waals surface area contributed by atoms with Crippen molar-refractivity contribution < 1.29 is 0 Å². The first kappa shape index (κ1) is 11.5. The summed E-state index contributed by atoms with van der Waals surface area (Å²) in [6.07, 6.45) is 1.84. The van der Waals surface area contributed by atoms with Crippen LogP contribution in [0.25, 0.3) is 0 Å². The number of aromatic nitrogens is 1. The van der Waals surface area contributed by atoms with Crippen molar-refractivity contribution in [1.82, 2.24) is 10.3 Å². The predicted octanol–water partition coefficient (Wildman–Crippen LogP) is 2.42. The Kier molecular flexibility index (Phi) is 4.98. The van der Waals surface area contributed by atoms with Crippen LogP contribution in [0.3, 0.4) is 0 Å². The minimum Gasteiger partial charge on any atom is -0.316 e. The Labute approximate surface area is 90.5 Å². The quantitative estimate of drug-likeness (QED) is 0.756. The first-order valence-electron chi connectivity index (χ1n) is 4.95. The van der Waals surface area contributed by atoms with E-state index in [1.165, 1.54) is 0 Å². The molecular weight excluding hydrogens is 192 g/mol. The minimum absolute atomic E-state index is 0.557. The number of rotatable bonds is 5. The van der Waals surface area contributed by atoms with Crippen molar-refractivity contribution in [2.75, 3.05) is 12.8 Å². The molecule has 14 heavy (non-hydrogen) atoms. The molecule has 1 heterocycles. The summed E-state index contributed by atoms with van der Waals surface area (Å²) in [7, 11) is 2.02. The molecule has 1 N–H and O–H groups in total. The van der Waals surface area contributed by atoms with Gasteiger partial charge in [0.05, 0.1) is 5.03 Å². The van der Waals surface area contributed by atoms with Crippen LogP contribution in [0.1, 0.15) is 13.8 Å². The molecule has 0 amide bonds. The molecular formula is C11H18N2S. The van der Waals surface area contributed by atoms with Crippen LogP contribution >= 0.6 is 11.8 Å². The van der Waals surface area contributed by atoms with Crippen molar-refractivity contribution in [3.8, 4) is 0 Å². The summed E-state index contributed by atoms with van der Waals surface area (Å²) in [4.78, 5) is 4.28. The third kappa shape index (κ3) is 3.68. The number of nitrogens with one attached hydrogen (secondary N) is 1. The lowest BCUT2D eigenvalue weighted by atomic mass is 10.1. The molecule has 0 saturated carbocycles. The average Bonchev–Trinajstić information content (AvgIpc) is 2.20. The van der Waals surface area contributed by atoms with Gasteiger partial charge in [-0.25, -0.2) is 4.98 Å². The van der Waals surface area contributed by atoms with Gasteiger partial charge in [-0.1, -0.05) is 19.9 Å². The van der Waals surface area contributed by atoms with Crippen molar-refractivity contribution in [3.05, 3.63) is 24.4 Å². The zero-order valence-corrected chi connectivity index (χ0v) is 9.84. The molecule has 0 aliphatic rings. The molecule has 3 heteroatoms. The van der Waals surface area contributed by atoms with E-state index < -0.39 is 0 Å². The number of pyridine rings is 1. The molecule has 0 radical (unpaired) electrons. The molecule has 78 valence electrons. The Hall–Kier alpha value is -0.540. The van der Waals surface area contributed by atoms with Crippen molar-refractivity contribution in [2.24, 2.45) is 5.92 Å². The highest BCUT2D eigenvalue weighted by molar-refractivity contribution is 7.99. The molecule has 1 unspecified atom stereocenters. The Balaban J connectivity index is 2.40. The predicted molar refractivity (Wildman–Crippen MR) is 62.6 cm³/mol. The van der Waals surface area contributed by atoms with Crippen LogP contribution in [0.4, 0.5) is 0 Å². The van der Waals surface area contributed by atoms with Gasteiger partial charge in [0.1, 0.15) is 0 Å². The maximum absolute atomic E-state index is 4.28. The minimum atomic E-state index is 0.557. The zero-order chi connectivity index (χ0) is 10.4. The molecule has 0 aliphatic carbocycles. The van der Waals surface area contributed by atoms with Crippen LogP contribution in [0.5, 0.6) is 0 Å². The fraction of sp³-hybridized carbons (Fsp3) is 0.545. The highest BCUT2D eigenvalue weighted by Gasteiger charge is 2.10. The third-order valence-electron chi connectivity index (χ3n) is 2.22. The Bertz CT molecular complexity index is 249. The van der Waals surface area contributed by atoms with Gasteiger partial charge in [-0.2, -0.15) is 0 Å². The maximum Gasteiger partial charge on any atom is 0.0960 e. The molecule has 2 nitrogen and oxygen atoms in total. The monoisotopic (exact) mass is 210 g/mol. The van der Waals surface area contributed by atoms with Gasteiger partial charge in [0, 0.05) is 18.0 Å². The molecule has 1 aromatic rings. The van der Waals surface area contributed by atoms with Crippen molar-refractivity contribution >= 4 is 11.8 Å². The summed E-state index contributed by atoms with van der Waals surface area (Å²) in [5.74, 6) is 1.74. The van der Waals surface area contributed by atoms with Crippen molar-refractivity contribution in [3.63, 3.8) is 0 Å². The molecule has 1 aromatic heterocycles. The van der Waals surface area contributed by atoms with E-state index in [4.69, 9.17) is 0 Å². The van der Waals surface area contributed by atoms with E-state index in [2.05, 4.69) is 30.2 Å². The summed E-state index contributed by atoms with van der Waals surface area (Å²) >= 11 is 1.81. The summed E-state index contributed by atoms with van der Waals surface area (Å²) in [5.41, 5.74) is 0. The Morgan fingerprint density at radius 1 is 1.43 bits per heavy atom. The normalized spacial score (nSPS) is 13.1. The summed E-state index contributed by atoms with van der Waals surface area (Å²) in [5, 5.41) is 4.43. The van der Waals surface area contributed by atoms with Crippen LogP contribution < -0.4 is 5.32 Å². The molecule has 1 atom stereocenters. The van der Waals surface area contributed by atoms with Crippen LogP contribution in [-0.4, -0.2) is 23.8 Å². The molecule has 0 aliphatic heterocycles. The molecule has 0 aromatic carbocycles. The van der Waals surface area contributed by atoms with E-state index in [9.17, 15) is 0 Å². The van der Waals surface area contributed by atoms with Crippen molar-refractivity contribution in [2.45, 2.75) is 24.9 Å². The largest absolute Gasteiger partial charge is 0.316 e. The molecule has 0 fully saturated rings. The number of thioether (sulfide) groups is 1. The van der Waals surface area contributed by atoms with Gasteiger partial charge in [0.25, 0.3) is 0 Å². The van der Waals surface area contributed by atoms with Crippen LogP contribution in [0.2, 0.25) is 0 Å². The topological polar surface area (TPSA) is 24.9 Å². The lowest BCUT2D eigenvalue weighted by Gasteiger charge is -2.19. The second kappa shape index (κ2) is 6.04. The van der Waals surface area contributed by atoms with E-state index in [0.29, 0.717) is 12.0 Å². The molecule has 0 saturated heterocycles. The van der Waals surface area contributed by atoms with Crippen LogP contribution in [0, 0.1) is 5.92 Å². The number of nitrogens with zero attached hydrogens (tertiary/aromatic N) is 1. The highest BCUT2D eigenvalue weighted by atomic mass is 32.2. The maximum atomic E-state index is 4.28. The molecule has 0 spiro atoms. The van der Waals surface area contributed by atoms with Crippen molar-refractivity contribution in [1.29, 1.82) is 0 Å². The van der Waals surface area contributed by atoms with E-state index >= 15 is 0 Å². The van der Waals surface area contributed by atoms with Gasteiger partial charge >= 0.3 is 0 Å². The second-order valence-electron chi connectivity index (χ2n) is 3.62. The lowest BCUT2D eigenvalue weighted by molar-refractivity contribution is 0.465. The van der Waals surface area contributed by atoms with Gasteiger partial charge < -0.3 is 5.32 Å². The zero-order valence-electron chi connectivity index (χ0n) is 9.03. The first-order chi connectivity index (χ1) is 6.74. The van der Waals surface area contributed by atoms with Gasteiger partial charge in [0.15, 0.2) is 0 Å². The van der Waals surface area contributed by atoms with Gasteiger partial charge in [0.2, 0.25) is 0 Å². The lowest BCUT2D eigenvalue weighted by Crippen LogP contribution is -2.32.